The highest BCUT2D eigenvalue weighted by molar-refractivity contribution is 7.91. The van der Waals surface area contributed by atoms with Gasteiger partial charge in [0.15, 0.2) is 5.75 Å². The minimum Gasteiger partial charge on any atom is -0.494 e. The van der Waals surface area contributed by atoms with Gasteiger partial charge in [-0.25, -0.2) is 9.37 Å². The van der Waals surface area contributed by atoms with E-state index in [1.54, 1.807) is 24.3 Å². The highest BCUT2D eigenvalue weighted by atomic mass is 35.5. The van der Waals surface area contributed by atoms with Crippen LogP contribution in [0.5, 0.6) is 5.75 Å². The molecule has 0 aliphatic carbocycles. The van der Waals surface area contributed by atoms with Crippen LogP contribution in [0.25, 0.3) is 10.8 Å². The molecule has 1 aliphatic rings. The maximum atomic E-state index is 13.4. The molecule has 2 heterocycles. The largest absolute Gasteiger partial charge is 0.494 e. The van der Waals surface area contributed by atoms with Gasteiger partial charge >= 0.3 is 0 Å². The van der Waals surface area contributed by atoms with Gasteiger partial charge in [-0.3, -0.25) is 0 Å². The van der Waals surface area contributed by atoms with Gasteiger partial charge in [0.2, 0.25) is 0 Å². The maximum absolute atomic E-state index is 13.4. The van der Waals surface area contributed by atoms with Crippen molar-refractivity contribution in [2.24, 2.45) is 4.40 Å². The van der Waals surface area contributed by atoms with Gasteiger partial charge in [0.25, 0.3) is 10.0 Å². The molecular weight excluding hydrogens is 451 g/mol. The lowest BCUT2D eigenvalue weighted by molar-refractivity contribution is 0.417. The lowest BCUT2D eigenvalue weighted by Gasteiger charge is -2.15. The zero-order valence-electron chi connectivity index (χ0n) is 16.8. The van der Waals surface area contributed by atoms with E-state index in [-0.39, 0.29) is 21.4 Å². The zero-order valence-corrected chi connectivity index (χ0v) is 18.4. The number of ether oxygens (including phenoxy) is 1. The predicted octanol–water partition coefficient (Wildman–Crippen LogP) is 5.17. The summed E-state index contributed by atoms with van der Waals surface area (Å²) in [6.45, 7) is 0. The van der Waals surface area contributed by atoms with Crippen LogP contribution in [0.15, 0.2) is 76.0 Å². The molecule has 0 amide bonds. The van der Waals surface area contributed by atoms with E-state index < -0.39 is 10.0 Å². The summed E-state index contributed by atoms with van der Waals surface area (Å²) in [4.78, 5) is 4.77. The van der Waals surface area contributed by atoms with E-state index in [1.807, 2.05) is 24.3 Å². The molecule has 4 aromatic rings. The Balaban J connectivity index is 1.78. The van der Waals surface area contributed by atoms with E-state index in [4.69, 9.17) is 21.3 Å². The second-order valence-corrected chi connectivity index (χ2v) is 9.27. The Hall–Kier alpha value is -3.29. The Morgan fingerprint density at radius 1 is 0.969 bits per heavy atom. The molecule has 0 atom stereocenters. The van der Waals surface area contributed by atoms with Gasteiger partial charge in [-0.15, -0.1) is 0 Å². The highest BCUT2D eigenvalue weighted by Gasteiger charge is 2.34. The normalized spacial score (nSPS) is 14.3. The van der Waals surface area contributed by atoms with Gasteiger partial charge in [0.05, 0.1) is 17.8 Å². The smallest absolute Gasteiger partial charge is 0.285 e. The summed E-state index contributed by atoms with van der Waals surface area (Å²) in [5, 5.41) is 1.73. The first kappa shape index (κ1) is 20.6. The standard InChI is InChI=1S/C24H16ClFN2O3S/c1-31-23-17-6-3-2-5-16(17)20(13-14-9-11-15(26)12-10-14)27-22(23)21-18-7-4-8-19(25)24(18)32(29,30)28-21/h2-12H,13H2,1H3. The molecule has 5 rings (SSSR count). The molecule has 0 saturated carbocycles. The average Bonchev–Trinajstić information content (AvgIpc) is 3.07. The maximum Gasteiger partial charge on any atom is 0.285 e. The molecule has 0 fully saturated rings. The Morgan fingerprint density at radius 3 is 2.41 bits per heavy atom. The number of nitrogens with zero attached hydrogens (tertiary/aromatic N) is 2. The second-order valence-electron chi connectivity index (χ2n) is 7.32. The number of hydrogen-bond donors (Lipinski definition) is 0. The molecule has 8 heteroatoms. The molecule has 0 N–H and O–H groups in total. The molecule has 0 spiro atoms. The number of sulfonamides is 1. The summed E-state index contributed by atoms with van der Waals surface area (Å²) in [7, 11) is -2.46. The van der Waals surface area contributed by atoms with Crippen LogP contribution in [-0.2, 0) is 16.4 Å². The average molecular weight is 467 g/mol. The fraction of sp³-hybridized carbons (Fsp3) is 0.0833. The molecule has 1 aromatic heterocycles. The molecule has 32 heavy (non-hydrogen) atoms. The van der Waals surface area contributed by atoms with Gasteiger partial charge in [0.1, 0.15) is 22.1 Å². The van der Waals surface area contributed by atoms with E-state index in [0.717, 1.165) is 16.3 Å². The number of pyridine rings is 1. The molecule has 1 aliphatic heterocycles. The number of halogens is 2. The van der Waals surface area contributed by atoms with Crippen molar-refractivity contribution in [2.75, 3.05) is 7.11 Å². The fourth-order valence-corrected chi connectivity index (χ4v) is 5.69. The van der Waals surface area contributed by atoms with Gasteiger partial charge in [-0.2, -0.15) is 12.8 Å². The topological polar surface area (TPSA) is 68.6 Å². The number of rotatable bonds is 4. The van der Waals surface area contributed by atoms with Crippen LogP contribution in [0.2, 0.25) is 5.02 Å². The van der Waals surface area contributed by atoms with Crippen LogP contribution < -0.4 is 4.74 Å². The molecule has 160 valence electrons. The Morgan fingerprint density at radius 2 is 1.69 bits per heavy atom. The third-order valence-corrected chi connectivity index (χ3v) is 7.15. The van der Waals surface area contributed by atoms with Crippen LogP contribution in [0, 0.1) is 5.82 Å². The van der Waals surface area contributed by atoms with Crippen LogP contribution >= 0.6 is 11.6 Å². The number of hydrogen-bond acceptors (Lipinski definition) is 4. The monoisotopic (exact) mass is 466 g/mol. The van der Waals surface area contributed by atoms with E-state index in [0.29, 0.717) is 29.1 Å². The number of aromatic nitrogens is 1. The Bertz CT molecular complexity index is 1520. The van der Waals surface area contributed by atoms with Crippen LogP contribution in [0.1, 0.15) is 22.5 Å². The van der Waals surface area contributed by atoms with Crippen molar-refractivity contribution in [3.05, 3.63) is 100 Å². The number of benzene rings is 3. The van der Waals surface area contributed by atoms with Gasteiger partial charge in [0, 0.05) is 22.8 Å². The zero-order chi connectivity index (χ0) is 22.5. The summed E-state index contributed by atoms with van der Waals surface area (Å²) >= 11 is 6.19. The van der Waals surface area contributed by atoms with E-state index in [9.17, 15) is 12.8 Å². The summed E-state index contributed by atoms with van der Waals surface area (Å²) in [6.07, 6.45) is 0.417. The summed E-state index contributed by atoms with van der Waals surface area (Å²) in [5.74, 6) is 0.103. The van der Waals surface area contributed by atoms with Crippen molar-refractivity contribution in [3.8, 4) is 5.75 Å². The lowest BCUT2D eigenvalue weighted by Crippen LogP contribution is -2.10. The van der Waals surface area contributed by atoms with Crippen molar-refractivity contribution >= 4 is 38.1 Å². The first-order chi connectivity index (χ1) is 15.4. The third kappa shape index (κ3) is 3.34. The van der Waals surface area contributed by atoms with E-state index >= 15 is 0 Å². The van der Waals surface area contributed by atoms with Crippen molar-refractivity contribution in [3.63, 3.8) is 0 Å². The van der Waals surface area contributed by atoms with Gasteiger partial charge in [-0.1, -0.05) is 60.1 Å². The summed E-state index contributed by atoms with van der Waals surface area (Å²) < 4.78 is 48.6. The first-order valence-corrected chi connectivity index (χ1v) is 11.5. The van der Waals surface area contributed by atoms with Gasteiger partial charge < -0.3 is 4.74 Å². The van der Waals surface area contributed by atoms with Crippen molar-refractivity contribution in [2.45, 2.75) is 11.3 Å². The minimum atomic E-state index is -3.97. The molecule has 0 bridgehead atoms. The summed E-state index contributed by atoms with van der Waals surface area (Å²) in [5.41, 5.74) is 2.44. The molecule has 5 nitrogen and oxygen atoms in total. The van der Waals surface area contributed by atoms with Crippen molar-refractivity contribution < 1.29 is 17.5 Å². The molecular formula is C24H16ClFN2O3S. The lowest BCUT2D eigenvalue weighted by atomic mass is 9.99. The van der Waals surface area contributed by atoms with Crippen LogP contribution in [0.3, 0.4) is 0 Å². The third-order valence-electron chi connectivity index (χ3n) is 5.35. The predicted molar refractivity (Wildman–Crippen MR) is 122 cm³/mol. The SMILES string of the molecule is COc1c(C2=NS(=O)(=O)c3c(Cl)cccc32)nc(Cc2ccc(F)cc2)c2ccccc12. The van der Waals surface area contributed by atoms with Crippen molar-refractivity contribution in [1.29, 1.82) is 0 Å². The van der Waals surface area contributed by atoms with Crippen molar-refractivity contribution in [1.82, 2.24) is 4.98 Å². The quantitative estimate of drug-likeness (QED) is 0.416. The Kier molecular flexibility index (Phi) is 4.95. The molecule has 3 aromatic carbocycles. The number of methoxy groups -OCH3 is 1. The van der Waals surface area contributed by atoms with Gasteiger partial charge in [-0.05, 0) is 23.8 Å². The minimum absolute atomic E-state index is 0.0336. The summed E-state index contributed by atoms with van der Waals surface area (Å²) in [6, 6.07) is 18.6. The van der Waals surface area contributed by atoms with E-state index in [1.165, 1.54) is 25.3 Å². The molecule has 0 saturated heterocycles. The number of fused-ring (bicyclic) bond motifs is 2. The highest BCUT2D eigenvalue weighted by Crippen LogP contribution is 2.39. The van der Waals surface area contributed by atoms with Crippen LogP contribution in [0.4, 0.5) is 4.39 Å². The second kappa shape index (κ2) is 7.69. The van der Waals surface area contributed by atoms with Crippen LogP contribution in [-0.4, -0.2) is 26.2 Å². The fourth-order valence-electron chi connectivity index (χ4n) is 3.95. The van der Waals surface area contributed by atoms with E-state index in [2.05, 4.69) is 4.40 Å². The first-order valence-electron chi connectivity index (χ1n) is 9.73. The molecule has 0 radical (unpaired) electrons. The molecule has 0 unspecified atom stereocenters. The Labute approximate surface area is 189 Å².